The van der Waals surface area contributed by atoms with E-state index in [1.165, 1.54) is 24.3 Å². The maximum atomic E-state index is 11.9. The number of ether oxygens (including phenoxy) is 1. The van der Waals surface area contributed by atoms with Gasteiger partial charge < -0.3 is 4.74 Å². The van der Waals surface area contributed by atoms with Gasteiger partial charge in [0.25, 0.3) is 0 Å². The van der Waals surface area contributed by atoms with E-state index in [-0.39, 0.29) is 18.0 Å². The van der Waals surface area contributed by atoms with Crippen molar-refractivity contribution in [2.45, 2.75) is 19.2 Å². The van der Waals surface area contributed by atoms with Crippen molar-refractivity contribution in [2.24, 2.45) is 0 Å². The minimum atomic E-state index is -4.68. The summed E-state index contributed by atoms with van der Waals surface area (Å²) in [4.78, 5) is 11.5. The van der Waals surface area contributed by atoms with Gasteiger partial charge in [-0.3, -0.25) is 4.79 Å². The zero-order chi connectivity index (χ0) is 13.6. The highest BCUT2D eigenvalue weighted by atomic mass is 32.2. The third-order valence-corrected chi connectivity index (χ3v) is 2.76. The fourth-order valence-corrected chi connectivity index (χ4v) is 1.77. The molecule has 1 aromatic rings. The van der Waals surface area contributed by atoms with Crippen LogP contribution in [0.15, 0.2) is 24.3 Å². The van der Waals surface area contributed by atoms with Gasteiger partial charge in [-0.15, -0.1) is 13.2 Å². The molecule has 0 bridgehead atoms. The van der Waals surface area contributed by atoms with E-state index in [1.807, 2.05) is 6.26 Å². The molecule has 18 heavy (non-hydrogen) atoms. The Hall–Kier alpha value is -1.17. The van der Waals surface area contributed by atoms with E-state index < -0.39 is 6.36 Å². The average Bonchev–Trinajstić information content (AvgIpc) is 2.27. The van der Waals surface area contributed by atoms with Gasteiger partial charge in [0.15, 0.2) is 0 Å². The van der Waals surface area contributed by atoms with Crippen LogP contribution in [0, 0.1) is 0 Å². The Morgan fingerprint density at radius 2 is 1.89 bits per heavy atom. The number of Topliss-reactive ketones (excluding diaryl/α,β-unsaturated/α-hetero) is 1. The van der Waals surface area contributed by atoms with E-state index in [9.17, 15) is 18.0 Å². The van der Waals surface area contributed by atoms with Gasteiger partial charge in [-0.25, -0.2) is 0 Å². The molecule has 0 heterocycles. The van der Waals surface area contributed by atoms with Crippen LogP contribution in [0.2, 0.25) is 0 Å². The zero-order valence-electron chi connectivity index (χ0n) is 9.79. The number of carbonyl (C=O) groups excluding carboxylic acids is 1. The summed E-state index contributed by atoms with van der Waals surface area (Å²) in [6, 6.07) is 5.37. The number of thioether (sulfide) groups is 1. The van der Waals surface area contributed by atoms with Gasteiger partial charge in [0.05, 0.1) is 0 Å². The fourth-order valence-electron chi connectivity index (χ4n) is 1.34. The first-order chi connectivity index (χ1) is 8.40. The molecular formula is C12H13F3O2S. The quantitative estimate of drug-likeness (QED) is 0.797. The molecule has 0 aromatic heterocycles. The first-order valence-electron chi connectivity index (χ1n) is 5.26. The number of ketones is 1. The summed E-state index contributed by atoms with van der Waals surface area (Å²) in [6.07, 6.45) is -2.05. The Kier molecular flexibility index (Phi) is 5.53. The lowest BCUT2D eigenvalue weighted by Crippen LogP contribution is -2.17. The number of hydrogen-bond donors (Lipinski definition) is 0. The molecule has 0 saturated heterocycles. The molecule has 0 atom stereocenters. The van der Waals surface area contributed by atoms with Crippen LogP contribution in [0.4, 0.5) is 13.2 Å². The maximum absolute atomic E-state index is 11.9. The van der Waals surface area contributed by atoms with E-state index in [1.54, 1.807) is 11.8 Å². The number of carbonyl (C=O) groups is 1. The Balaban J connectivity index is 2.52. The Morgan fingerprint density at radius 1 is 1.28 bits per heavy atom. The lowest BCUT2D eigenvalue weighted by atomic mass is 10.1. The van der Waals surface area contributed by atoms with Gasteiger partial charge in [0.1, 0.15) is 11.5 Å². The van der Waals surface area contributed by atoms with Crippen LogP contribution in [-0.2, 0) is 11.2 Å². The first kappa shape index (κ1) is 14.9. The van der Waals surface area contributed by atoms with Gasteiger partial charge in [-0.1, -0.05) is 12.1 Å². The standard InChI is InChI=1S/C12H13F3O2S/c1-18-7-6-10(16)8-9-2-4-11(5-3-9)17-12(13,14)15/h2-5H,6-8H2,1H3. The van der Waals surface area contributed by atoms with Crippen LogP contribution in [0.1, 0.15) is 12.0 Å². The molecule has 0 fully saturated rings. The van der Waals surface area contributed by atoms with E-state index in [0.717, 1.165) is 5.75 Å². The van der Waals surface area contributed by atoms with Crippen molar-refractivity contribution in [3.8, 4) is 5.75 Å². The molecule has 0 unspecified atom stereocenters. The Bertz CT molecular complexity index is 387. The van der Waals surface area contributed by atoms with Gasteiger partial charge in [0.2, 0.25) is 0 Å². The van der Waals surface area contributed by atoms with E-state index in [0.29, 0.717) is 12.0 Å². The minimum absolute atomic E-state index is 0.0776. The average molecular weight is 278 g/mol. The second-order valence-corrected chi connectivity index (χ2v) is 4.64. The van der Waals surface area contributed by atoms with Crippen molar-refractivity contribution in [1.29, 1.82) is 0 Å². The van der Waals surface area contributed by atoms with Crippen LogP contribution in [0.3, 0.4) is 0 Å². The van der Waals surface area contributed by atoms with Crippen LogP contribution >= 0.6 is 11.8 Å². The van der Waals surface area contributed by atoms with Crippen LogP contribution in [-0.4, -0.2) is 24.2 Å². The molecule has 0 amide bonds. The molecule has 1 aromatic carbocycles. The largest absolute Gasteiger partial charge is 0.573 e. The zero-order valence-corrected chi connectivity index (χ0v) is 10.6. The molecular weight excluding hydrogens is 265 g/mol. The van der Waals surface area contributed by atoms with Crippen molar-refractivity contribution in [3.63, 3.8) is 0 Å². The second kappa shape index (κ2) is 6.68. The smallest absolute Gasteiger partial charge is 0.406 e. The maximum Gasteiger partial charge on any atom is 0.573 e. The number of alkyl halides is 3. The summed E-state index contributed by atoms with van der Waals surface area (Å²) >= 11 is 1.58. The first-order valence-corrected chi connectivity index (χ1v) is 6.65. The highest BCUT2D eigenvalue weighted by Gasteiger charge is 2.30. The number of benzene rings is 1. The molecule has 2 nitrogen and oxygen atoms in total. The molecule has 0 spiro atoms. The van der Waals surface area contributed by atoms with Crippen molar-refractivity contribution >= 4 is 17.5 Å². The number of rotatable bonds is 6. The lowest BCUT2D eigenvalue weighted by molar-refractivity contribution is -0.274. The fraction of sp³-hybridized carbons (Fsp3) is 0.417. The predicted molar refractivity (Wildman–Crippen MR) is 64.8 cm³/mol. The van der Waals surface area contributed by atoms with Crippen LogP contribution in [0.5, 0.6) is 5.75 Å². The molecule has 0 saturated carbocycles. The number of hydrogen-bond acceptors (Lipinski definition) is 3. The molecule has 0 aliphatic rings. The summed E-state index contributed by atoms with van der Waals surface area (Å²) in [6.45, 7) is 0. The molecule has 100 valence electrons. The van der Waals surface area contributed by atoms with E-state index >= 15 is 0 Å². The summed E-state index contributed by atoms with van der Waals surface area (Å²) in [5.74, 6) is 0.560. The predicted octanol–water partition coefficient (Wildman–Crippen LogP) is 3.45. The Labute approximate surface area is 108 Å². The third kappa shape index (κ3) is 5.95. The van der Waals surface area contributed by atoms with E-state index in [2.05, 4.69) is 4.74 Å². The van der Waals surface area contributed by atoms with Crippen LogP contribution < -0.4 is 4.74 Å². The van der Waals surface area contributed by atoms with Gasteiger partial charge >= 0.3 is 6.36 Å². The second-order valence-electron chi connectivity index (χ2n) is 3.65. The van der Waals surface area contributed by atoms with Gasteiger partial charge in [-0.05, 0) is 29.7 Å². The van der Waals surface area contributed by atoms with Gasteiger partial charge in [0, 0.05) is 12.8 Å². The third-order valence-electron chi connectivity index (χ3n) is 2.14. The van der Waals surface area contributed by atoms with Crippen molar-refractivity contribution in [2.75, 3.05) is 12.0 Å². The molecule has 0 N–H and O–H groups in total. The summed E-state index contributed by atoms with van der Waals surface area (Å²) in [7, 11) is 0. The SMILES string of the molecule is CSCCC(=O)Cc1ccc(OC(F)(F)F)cc1. The molecule has 0 aliphatic heterocycles. The minimum Gasteiger partial charge on any atom is -0.406 e. The lowest BCUT2D eigenvalue weighted by Gasteiger charge is -2.09. The van der Waals surface area contributed by atoms with Crippen molar-refractivity contribution in [3.05, 3.63) is 29.8 Å². The van der Waals surface area contributed by atoms with Crippen LogP contribution in [0.25, 0.3) is 0 Å². The summed E-state index contributed by atoms with van der Waals surface area (Å²) < 4.78 is 39.5. The van der Waals surface area contributed by atoms with Crippen molar-refractivity contribution in [1.82, 2.24) is 0 Å². The molecule has 0 radical (unpaired) electrons. The van der Waals surface area contributed by atoms with E-state index in [4.69, 9.17) is 0 Å². The summed E-state index contributed by atoms with van der Waals surface area (Å²) in [5.41, 5.74) is 0.690. The number of halogens is 3. The normalized spacial score (nSPS) is 11.3. The Morgan fingerprint density at radius 3 is 2.39 bits per heavy atom. The van der Waals surface area contributed by atoms with Gasteiger partial charge in [-0.2, -0.15) is 11.8 Å². The topological polar surface area (TPSA) is 26.3 Å². The highest BCUT2D eigenvalue weighted by molar-refractivity contribution is 7.98. The summed E-state index contributed by atoms with van der Waals surface area (Å²) in [5, 5.41) is 0. The molecule has 0 aliphatic carbocycles. The molecule has 1 rings (SSSR count). The van der Waals surface area contributed by atoms with Crippen molar-refractivity contribution < 1.29 is 22.7 Å². The monoisotopic (exact) mass is 278 g/mol. The highest BCUT2D eigenvalue weighted by Crippen LogP contribution is 2.22. The molecule has 6 heteroatoms.